The maximum Gasteiger partial charge on any atom is 0.327 e. The number of rotatable bonds is 8. The van der Waals surface area contributed by atoms with Gasteiger partial charge in [-0.1, -0.05) is 13.8 Å². The van der Waals surface area contributed by atoms with E-state index in [1.807, 2.05) is 6.92 Å². The van der Waals surface area contributed by atoms with Gasteiger partial charge in [0.2, 0.25) is 0 Å². The van der Waals surface area contributed by atoms with E-state index in [9.17, 15) is 4.79 Å². The van der Waals surface area contributed by atoms with Gasteiger partial charge in [0.1, 0.15) is 5.54 Å². The van der Waals surface area contributed by atoms with E-state index in [0.717, 1.165) is 52.0 Å². The highest BCUT2D eigenvalue weighted by Crippen LogP contribution is 2.41. The Balaban J connectivity index is 2.09. The molecule has 2 rings (SSSR count). The lowest BCUT2D eigenvalue weighted by molar-refractivity contribution is -0.154. The molecule has 1 saturated carbocycles. The van der Waals surface area contributed by atoms with Crippen molar-refractivity contribution in [2.24, 2.45) is 5.92 Å². The summed E-state index contributed by atoms with van der Waals surface area (Å²) in [6.07, 6.45) is 3.55. The minimum absolute atomic E-state index is 0.0751. The molecule has 0 aromatic carbocycles. The van der Waals surface area contributed by atoms with Gasteiger partial charge in [0, 0.05) is 19.6 Å². The van der Waals surface area contributed by atoms with Gasteiger partial charge in [-0.2, -0.15) is 0 Å². The third-order valence-electron chi connectivity index (χ3n) is 4.56. The van der Waals surface area contributed by atoms with Crippen LogP contribution < -0.4 is 5.32 Å². The Bertz CT molecular complexity index is 346. The van der Waals surface area contributed by atoms with Crippen molar-refractivity contribution in [2.45, 2.75) is 51.7 Å². The highest BCUT2D eigenvalue weighted by atomic mass is 16.5. The Morgan fingerprint density at radius 2 is 2.14 bits per heavy atom. The SMILES string of the molecule is CCNC(CN1CCOC(CC)C1)(C(=O)OCC)C1CC1. The molecule has 2 aliphatic rings. The smallest absolute Gasteiger partial charge is 0.327 e. The van der Waals surface area contributed by atoms with Gasteiger partial charge >= 0.3 is 5.97 Å². The average Bonchev–Trinajstić information content (AvgIpc) is 3.32. The van der Waals surface area contributed by atoms with Gasteiger partial charge < -0.3 is 14.8 Å². The first kappa shape index (κ1) is 16.7. The lowest BCUT2D eigenvalue weighted by Crippen LogP contribution is -2.63. The van der Waals surface area contributed by atoms with Crippen LogP contribution in [-0.4, -0.2) is 61.9 Å². The van der Waals surface area contributed by atoms with E-state index in [-0.39, 0.29) is 5.97 Å². The zero-order valence-corrected chi connectivity index (χ0v) is 13.7. The summed E-state index contributed by atoms with van der Waals surface area (Å²) in [5.41, 5.74) is -0.527. The summed E-state index contributed by atoms with van der Waals surface area (Å²) >= 11 is 0. The molecule has 1 aliphatic carbocycles. The van der Waals surface area contributed by atoms with Crippen molar-refractivity contribution in [1.29, 1.82) is 0 Å². The molecule has 1 heterocycles. The molecule has 5 nitrogen and oxygen atoms in total. The normalized spacial score (nSPS) is 26.3. The summed E-state index contributed by atoms with van der Waals surface area (Å²) in [5, 5.41) is 3.47. The molecule has 2 atom stereocenters. The van der Waals surface area contributed by atoms with Gasteiger partial charge in [0.15, 0.2) is 0 Å². The number of carbonyl (C=O) groups excluding carboxylic acids is 1. The molecule has 1 aliphatic heterocycles. The minimum Gasteiger partial charge on any atom is -0.465 e. The van der Waals surface area contributed by atoms with Gasteiger partial charge in [0.25, 0.3) is 0 Å². The quantitative estimate of drug-likeness (QED) is 0.687. The van der Waals surface area contributed by atoms with Crippen molar-refractivity contribution < 1.29 is 14.3 Å². The monoisotopic (exact) mass is 298 g/mol. The molecule has 0 bridgehead atoms. The number of likely N-dealkylation sites (N-methyl/N-ethyl adjacent to an activating group) is 1. The number of carbonyl (C=O) groups is 1. The van der Waals surface area contributed by atoms with Crippen molar-refractivity contribution in [3.8, 4) is 0 Å². The fourth-order valence-electron chi connectivity index (χ4n) is 3.31. The van der Waals surface area contributed by atoms with Crippen LogP contribution in [0.4, 0.5) is 0 Å². The summed E-state index contributed by atoms with van der Waals surface area (Å²) < 4.78 is 11.1. The fraction of sp³-hybridized carbons (Fsp3) is 0.938. The summed E-state index contributed by atoms with van der Waals surface area (Å²) in [6.45, 7) is 10.6. The van der Waals surface area contributed by atoms with E-state index >= 15 is 0 Å². The summed E-state index contributed by atoms with van der Waals surface area (Å²) in [6, 6.07) is 0. The number of nitrogens with one attached hydrogen (secondary N) is 1. The number of morpholine rings is 1. The molecule has 1 saturated heterocycles. The van der Waals surface area contributed by atoms with Crippen molar-refractivity contribution in [1.82, 2.24) is 10.2 Å². The largest absolute Gasteiger partial charge is 0.465 e. The Morgan fingerprint density at radius 3 is 2.71 bits per heavy atom. The lowest BCUT2D eigenvalue weighted by atomic mass is 9.91. The van der Waals surface area contributed by atoms with Crippen molar-refractivity contribution in [3.63, 3.8) is 0 Å². The van der Waals surface area contributed by atoms with Crippen LogP contribution >= 0.6 is 0 Å². The van der Waals surface area contributed by atoms with E-state index in [2.05, 4.69) is 24.1 Å². The second-order valence-corrected chi connectivity index (χ2v) is 6.13. The highest BCUT2D eigenvalue weighted by molar-refractivity contribution is 5.82. The number of esters is 1. The average molecular weight is 298 g/mol. The first-order valence-corrected chi connectivity index (χ1v) is 8.42. The molecular weight excluding hydrogens is 268 g/mol. The molecule has 0 spiro atoms. The highest BCUT2D eigenvalue weighted by Gasteiger charge is 2.52. The molecule has 2 unspecified atom stereocenters. The predicted octanol–water partition coefficient (Wildman–Crippen LogP) is 1.42. The molecule has 0 aromatic heterocycles. The number of hydrogen-bond acceptors (Lipinski definition) is 5. The molecule has 122 valence electrons. The van der Waals surface area contributed by atoms with Crippen molar-refractivity contribution >= 4 is 5.97 Å². The van der Waals surface area contributed by atoms with E-state index in [1.54, 1.807) is 0 Å². The summed E-state index contributed by atoms with van der Waals surface area (Å²) in [7, 11) is 0. The summed E-state index contributed by atoms with van der Waals surface area (Å²) in [4.78, 5) is 15.0. The van der Waals surface area contributed by atoms with E-state index in [0.29, 0.717) is 18.6 Å². The maximum atomic E-state index is 12.6. The molecule has 1 N–H and O–H groups in total. The molecule has 0 radical (unpaired) electrons. The zero-order chi connectivity index (χ0) is 15.3. The van der Waals surface area contributed by atoms with Gasteiger partial charge in [0.05, 0.1) is 19.3 Å². The Labute approximate surface area is 128 Å². The van der Waals surface area contributed by atoms with E-state index in [4.69, 9.17) is 9.47 Å². The van der Waals surface area contributed by atoms with Crippen LogP contribution in [0.1, 0.15) is 40.0 Å². The van der Waals surface area contributed by atoms with Gasteiger partial charge in [-0.3, -0.25) is 4.90 Å². The van der Waals surface area contributed by atoms with Gasteiger partial charge in [-0.25, -0.2) is 4.79 Å². The molecule has 0 aromatic rings. The van der Waals surface area contributed by atoms with Crippen LogP contribution in [0, 0.1) is 5.92 Å². The molecule has 5 heteroatoms. The third kappa shape index (κ3) is 3.96. The Kier molecular flexibility index (Phi) is 6.02. The molecule has 0 amide bonds. The third-order valence-corrected chi connectivity index (χ3v) is 4.56. The topological polar surface area (TPSA) is 50.8 Å². The molecular formula is C16H30N2O3. The van der Waals surface area contributed by atoms with Gasteiger partial charge in [-0.05, 0) is 38.6 Å². The number of ether oxygens (including phenoxy) is 2. The molecule has 21 heavy (non-hydrogen) atoms. The minimum atomic E-state index is -0.527. The predicted molar refractivity (Wildman–Crippen MR) is 82.2 cm³/mol. The second kappa shape index (κ2) is 7.56. The van der Waals surface area contributed by atoms with Crippen molar-refractivity contribution in [3.05, 3.63) is 0 Å². The second-order valence-electron chi connectivity index (χ2n) is 6.13. The van der Waals surface area contributed by atoms with Crippen LogP contribution in [-0.2, 0) is 14.3 Å². The van der Waals surface area contributed by atoms with E-state index in [1.165, 1.54) is 0 Å². The Morgan fingerprint density at radius 1 is 1.38 bits per heavy atom. The lowest BCUT2D eigenvalue weighted by Gasteiger charge is -2.40. The standard InChI is InChI=1S/C16H30N2O3/c1-4-14-11-18(9-10-21-14)12-16(17-5-2,13-7-8-13)15(19)20-6-3/h13-14,17H,4-12H2,1-3H3. The fourth-order valence-corrected chi connectivity index (χ4v) is 3.31. The van der Waals surface area contributed by atoms with Crippen LogP contribution in [0.25, 0.3) is 0 Å². The van der Waals surface area contributed by atoms with Gasteiger partial charge in [-0.15, -0.1) is 0 Å². The van der Waals surface area contributed by atoms with Crippen LogP contribution in [0.3, 0.4) is 0 Å². The number of nitrogens with zero attached hydrogens (tertiary/aromatic N) is 1. The summed E-state index contributed by atoms with van der Waals surface area (Å²) in [5.74, 6) is 0.341. The van der Waals surface area contributed by atoms with Crippen LogP contribution in [0.5, 0.6) is 0 Å². The Hall–Kier alpha value is -0.650. The zero-order valence-electron chi connectivity index (χ0n) is 13.7. The first-order valence-electron chi connectivity index (χ1n) is 8.42. The number of hydrogen-bond donors (Lipinski definition) is 1. The molecule has 2 fully saturated rings. The van der Waals surface area contributed by atoms with Crippen molar-refractivity contribution in [2.75, 3.05) is 39.4 Å². The van der Waals surface area contributed by atoms with E-state index < -0.39 is 5.54 Å². The van der Waals surface area contributed by atoms with Crippen LogP contribution in [0.2, 0.25) is 0 Å². The van der Waals surface area contributed by atoms with Crippen LogP contribution in [0.15, 0.2) is 0 Å². The maximum absolute atomic E-state index is 12.6. The first-order chi connectivity index (χ1) is 10.2.